The van der Waals surface area contributed by atoms with E-state index in [0.29, 0.717) is 4.88 Å². The van der Waals surface area contributed by atoms with Crippen molar-refractivity contribution in [2.75, 3.05) is 0 Å². The summed E-state index contributed by atoms with van der Waals surface area (Å²) in [4.78, 5) is 19.7. The summed E-state index contributed by atoms with van der Waals surface area (Å²) in [6.45, 7) is 1.91. The number of nitrogens with zero attached hydrogens (tertiary/aromatic N) is 2. The molecule has 1 amide bonds. The Balaban J connectivity index is 2.51. The number of aryl methyl sites for hydroxylation is 1. The summed E-state index contributed by atoms with van der Waals surface area (Å²) in [7, 11) is 0. The molecule has 0 saturated carbocycles. The highest BCUT2D eigenvalue weighted by Gasteiger charge is 2.15. The molecule has 71 valence electrons. The summed E-state index contributed by atoms with van der Waals surface area (Å²) in [6.07, 6.45) is 0. The molecule has 0 bridgehead atoms. The third-order valence-electron chi connectivity index (χ3n) is 1.61. The molecule has 6 heteroatoms. The van der Waals surface area contributed by atoms with Crippen molar-refractivity contribution in [3.63, 3.8) is 0 Å². The van der Waals surface area contributed by atoms with Crippen molar-refractivity contribution in [1.82, 2.24) is 9.97 Å². The van der Waals surface area contributed by atoms with E-state index in [1.54, 1.807) is 0 Å². The molecule has 1 radical (unpaired) electrons. The second kappa shape index (κ2) is 3.47. The lowest BCUT2D eigenvalue weighted by molar-refractivity contribution is 0.0997. The van der Waals surface area contributed by atoms with Crippen molar-refractivity contribution < 1.29 is 4.79 Å². The van der Waals surface area contributed by atoms with Gasteiger partial charge in [0.05, 0.1) is 15.6 Å². The number of hydrogen-bond donors (Lipinski definition) is 1. The first-order valence-electron chi connectivity index (χ1n) is 3.77. The van der Waals surface area contributed by atoms with Gasteiger partial charge in [-0.15, -0.1) is 22.7 Å². The van der Waals surface area contributed by atoms with Crippen LogP contribution in [-0.4, -0.2) is 15.9 Å². The van der Waals surface area contributed by atoms with Crippen molar-refractivity contribution in [2.45, 2.75) is 6.92 Å². The number of thiazole rings is 2. The standard InChI is InChI=1S/C8H6N3OS2/c1-4-11-5(2-13-4)7-6(8(9)12)10-3-14-7/h2H,1H3,(H2,9,12). The van der Waals surface area contributed by atoms with E-state index in [-0.39, 0.29) is 5.69 Å². The van der Waals surface area contributed by atoms with E-state index in [2.05, 4.69) is 15.5 Å². The highest BCUT2D eigenvalue weighted by molar-refractivity contribution is 7.14. The van der Waals surface area contributed by atoms with Gasteiger partial charge in [-0.05, 0) is 6.92 Å². The Morgan fingerprint density at radius 3 is 3.00 bits per heavy atom. The minimum Gasteiger partial charge on any atom is -0.364 e. The maximum atomic E-state index is 11.0. The minimum absolute atomic E-state index is 0.250. The van der Waals surface area contributed by atoms with E-state index in [0.717, 1.165) is 10.7 Å². The molecule has 0 unspecified atom stereocenters. The van der Waals surface area contributed by atoms with Gasteiger partial charge >= 0.3 is 0 Å². The summed E-state index contributed by atoms with van der Waals surface area (Å²) in [5.74, 6) is -0.539. The van der Waals surface area contributed by atoms with Crippen molar-refractivity contribution in [3.8, 4) is 10.6 Å². The summed E-state index contributed by atoms with van der Waals surface area (Å²) < 4.78 is 0. The molecule has 2 aromatic rings. The number of carbonyl (C=O) groups excluding carboxylic acids is 1. The van der Waals surface area contributed by atoms with E-state index in [1.165, 1.54) is 22.7 Å². The third kappa shape index (κ3) is 1.53. The van der Waals surface area contributed by atoms with Gasteiger partial charge in [0.1, 0.15) is 5.69 Å². The average Bonchev–Trinajstić information content (AvgIpc) is 2.70. The smallest absolute Gasteiger partial charge is 0.268 e. The number of rotatable bonds is 2. The number of amides is 1. The number of hydrogen-bond acceptors (Lipinski definition) is 5. The Morgan fingerprint density at radius 1 is 1.64 bits per heavy atom. The van der Waals surface area contributed by atoms with Crippen molar-refractivity contribution in [1.29, 1.82) is 0 Å². The van der Waals surface area contributed by atoms with Crippen molar-refractivity contribution >= 4 is 28.6 Å². The molecule has 0 aliphatic rings. The van der Waals surface area contributed by atoms with E-state index >= 15 is 0 Å². The molecule has 2 rings (SSSR count). The molecular weight excluding hydrogens is 218 g/mol. The van der Waals surface area contributed by atoms with Crippen LogP contribution in [0, 0.1) is 12.4 Å². The largest absolute Gasteiger partial charge is 0.364 e. The first kappa shape index (κ1) is 9.29. The van der Waals surface area contributed by atoms with Crippen LogP contribution < -0.4 is 5.73 Å². The summed E-state index contributed by atoms with van der Waals surface area (Å²) in [5, 5.41) is 2.83. The van der Waals surface area contributed by atoms with E-state index in [4.69, 9.17) is 5.73 Å². The van der Waals surface area contributed by atoms with Crippen LogP contribution in [0.15, 0.2) is 5.38 Å². The first-order valence-corrected chi connectivity index (χ1v) is 5.47. The number of carbonyl (C=O) groups is 1. The predicted octanol–water partition coefficient (Wildman–Crippen LogP) is 1.47. The average molecular weight is 224 g/mol. The van der Waals surface area contributed by atoms with Crippen LogP contribution in [0.4, 0.5) is 0 Å². The van der Waals surface area contributed by atoms with Gasteiger partial charge in [0.15, 0.2) is 5.51 Å². The predicted molar refractivity (Wildman–Crippen MR) is 55.3 cm³/mol. The van der Waals surface area contributed by atoms with Crippen LogP contribution in [0.5, 0.6) is 0 Å². The fourth-order valence-corrected chi connectivity index (χ4v) is 2.38. The van der Waals surface area contributed by atoms with E-state index in [1.807, 2.05) is 12.3 Å². The molecule has 0 fully saturated rings. The zero-order valence-electron chi connectivity index (χ0n) is 7.27. The monoisotopic (exact) mass is 224 g/mol. The second-order valence-electron chi connectivity index (χ2n) is 2.60. The van der Waals surface area contributed by atoms with Crippen LogP contribution in [0.2, 0.25) is 0 Å². The first-order chi connectivity index (χ1) is 6.68. The highest BCUT2D eigenvalue weighted by Crippen LogP contribution is 2.27. The SMILES string of the molecule is Cc1nc(-c2s[c]nc2C(N)=O)cs1. The summed E-state index contributed by atoms with van der Waals surface area (Å²) in [6, 6.07) is 0. The molecule has 2 aromatic heterocycles. The fraction of sp³-hybridized carbons (Fsp3) is 0.125. The third-order valence-corrected chi connectivity index (χ3v) is 3.17. The van der Waals surface area contributed by atoms with Crippen molar-refractivity contribution in [3.05, 3.63) is 21.6 Å². The molecule has 0 atom stereocenters. The molecular formula is C8H6N3OS2. The molecule has 0 spiro atoms. The summed E-state index contributed by atoms with van der Waals surface area (Å²) >= 11 is 2.78. The number of primary amides is 1. The maximum Gasteiger partial charge on any atom is 0.268 e. The van der Waals surface area contributed by atoms with Crippen LogP contribution >= 0.6 is 22.7 Å². The Hall–Kier alpha value is -1.27. The van der Waals surface area contributed by atoms with Crippen LogP contribution in [0.3, 0.4) is 0 Å². The zero-order valence-corrected chi connectivity index (χ0v) is 8.91. The molecule has 0 aromatic carbocycles. The minimum atomic E-state index is -0.539. The highest BCUT2D eigenvalue weighted by atomic mass is 32.1. The van der Waals surface area contributed by atoms with Gasteiger partial charge in [0.25, 0.3) is 5.91 Å². The Labute approximate surface area is 88.4 Å². The number of nitrogens with two attached hydrogens (primary N) is 1. The van der Waals surface area contributed by atoms with Crippen LogP contribution in [-0.2, 0) is 0 Å². The van der Waals surface area contributed by atoms with Gasteiger partial charge in [-0.3, -0.25) is 4.79 Å². The molecule has 0 aliphatic heterocycles. The van der Waals surface area contributed by atoms with Crippen LogP contribution in [0.1, 0.15) is 15.5 Å². The van der Waals surface area contributed by atoms with Gasteiger partial charge in [-0.2, -0.15) is 0 Å². The lowest BCUT2D eigenvalue weighted by Gasteiger charge is -1.92. The molecule has 4 nitrogen and oxygen atoms in total. The zero-order chi connectivity index (χ0) is 10.1. The van der Waals surface area contributed by atoms with Gasteiger partial charge in [0, 0.05) is 5.38 Å². The lowest BCUT2D eigenvalue weighted by atomic mass is 10.3. The van der Waals surface area contributed by atoms with Gasteiger partial charge < -0.3 is 5.73 Å². The summed E-state index contributed by atoms with van der Waals surface area (Å²) in [5.41, 5.74) is 8.81. The molecule has 0 aliphatic carbocycles. The Kier molecular flexibility index (Phi) is 2.30. The van der Waals surface area contributed by atoms with Gasteiger partial charge in [-0.25, -0.2) is 9.97 Å². The molecule has 0 saturated heterocycles. The fourth-order valence-electron chi connectivity index (χ4n) is 1.02. The Morgan fingerprint density at radius 2 is 2.43 bits per heavy atom. The van der Waals surface area contributed by atoms with Crippen LogP contribution in [0.25, 0.3) is 10.6 Å². The maximum absolute atomic E-state index is 11.0. The lowest BCUT2D eigenvalue weighted by Crippen LogP contribution is -2.12. The van der Waals surface area contributed by atoms with E-state index < -0.39 is 5.91 Å². The van der Waals surface area contributed by atoms with Gasteiger partial charge in [0.2, 0.25) is 0 Å². The van der Waals surface area contributed by atoms with Gasteiger partial charge in [-0.1, -0.05) is 0 Å². The number of aromatic nitrogens is 2. The Bertz CT molecular complexity index is 474. The molecule has 14 heavy (non-hydrogen) atoms. The molecule has 2 heterocycles. The van der Waals surface area contributed by atoms with Crippen molar-refractivity contribution in [2.24, 2.45) is 5.73 Å². The van der Waals surface area contributed by atoms with E-state index in [9.17, 15) is 4.79 Å². The normalized spacial score (nSPS) is 10.4. The molecule has 2 N–H and O–H groups in total. The quantitative estimate of drug-likeness (QED) is 0.839. The second-order valence-corrected chi connectivity index (χ2v) is 4.46. The topological polar surface area (TPSA) is 68.9 Å².